The molecule has 0 saturated carbocycles. The quantitative estimate of drug-likeness (QED) is 0.773. The number of rotatable bonds is 7. The normalized spacial score (nSPS) is 17.4. The van der Waals surface area contributed by atoms with Gasteiger partial charge in [0.2, 0.25) is 11.8 Å². The van der Waals surface area contributed by atoms with Gasteiger partial charge in [-0.1, -0.05) is 44.2 Å². The predicted molar refractivity (Wildman–Crippen MR) is 106 cm³/mol. The van der Waals surface area contributed by atoms with Gasteiger partial charge in [-0.05, 0) is 41.0 Å². The van der Waals surface area contributed by atoms with Crippen molar-refractivity contribution in [1.82, 2.24) is 15.6 Å². The third-order valence-electron chi connectivity index (χ3n) is 5.14. The summed E-state index contributed by atoms with van der Waals surface area (Å²) in [5.74, 6) is -0.471. The fraction of sp³-hybridized carbons (Fsp3) is 0.409. The van der Waals surface area contributed by atoms with Gasteiger partial charge >= 0.3 is 0 Å². The van der Waals surface area contributed by atoms with E-state index in [0.29, 0.717) is 6.54 Å². The Labute approximate surface area is 165 Å². The maximum atomic E-state index is 12.3. The van der Waals surface area contributed by atoms with Crippen LogP contribution in [0, 0.1) is 0 Å². The van der Waals surface area contributed by atoms with Crippen molar-refractivity contribution < 1.29 is 14.3 Å². The molecule has 6 nitrogen and oxygen atoms in total. The highest BCUT2D eigenvalue weighted by Gasteiger charge is 2.32. The summed E-state index contributed by atoms with van der Waals surface area (Å²) >= 11 is 0. The van der Waals surface area contributed by atoms with Crippen LogP contribution in [0.5, 0.6) is 0 Å². The maximum Gasteiger partial charge on any atom is 0.246 e. The summed E-state index contributed by atoms with van der Waals surface area (Å²) in [7, 11) is 0. The average molecular weight is 381 g/mol. The van der Waals surface area contributed by atoms with Gasteiger partial charge in [-0.15, -0.1) is 0 Å². The molecule has 1 unspecified atom stereocenters. The zero-order valence-corrected chi connectivity index (χ0v) is 16.4. The number of hydrogen-bond donors (Lipinski definition) is 2. The van der Waals surface area contributed by atoms with Crippen molar-refractivity contribution >= 4 is 11.8 Å². The van der Waals surface area contributed by atoms with E-state index < -0.39 is 0 Å². The van der Waals surface area contributed by atoms with Crippen LogP contribution in [0.4, 0.5) is 0 Å². The number of aromatic nitrogens is 1. The van der Waals surface area contributed by atoms with E-state index in [9.17, 15) is 9.59 Å². The Bertz CT molecular complexity index is 821. The van der Waals surface area contributed by atoms with Crippen molar-refractivity contribution in [2.75, 3.05) is 13.2 Å². The van der Waals surface area contributed by atoms with Crippen molar-refractivity contribution in [3.8, 4) is 0 Å². The minimum Gasteiger partial charge on any atom is -0.362 e. The molecule has 1 atom stereocenters. The van der Waals surface area contributed by atoms with Gasteiger partial charge in [0.25, 0.3) is 0 Å². The van der Waals surface area contributed by atoms with E-state index in [1.807, 2.05) is 24.3 Å². The Morgan fingerprint density at radius 1 is 1.14 bits per heavy atom. The minimum atomic E-state index is -0.263. The Balaban J connectivity index is 1.43. The molecule has 1 aliphatic rings. The van der Waals surface area contributed by atoms with Gasteiger partial charge in [-0.25, -0.2) is 0 Å². The number of amides is 2. The topological polar surface area (TPSA) is 80.3 Å². The average Bonchev–Trinajstić information content (AvgIpc) is 2.70. The molecule has 148 valence electrons. The number of nitrogens with one attached hydrogen (secondary N) is 2. The molecule has 0 fully saturated rings. The van der Waals surface area contributed by atoms with E-state index >= 15 is 0 Å². The van der Waals surface area contributed by atoms with E-state index in [1.54, 1.807) is 12.4 Å². The SMILES string of the molecule is CC1(C)CCC(NC(=O)COCC(=O)NCc2cccnc2)c2ccccc21. The van der Waals surface area contributed by atoms with Gasteiger partial charge in [0, 0.05) is 18.9 Å². The Hall–Kier alpha value is -2.73. The molecule has 2 amide bonds. The van der Waals surface area contributed by atoms with E-state index in [0.717, 1.165) is 18.4 Å². The van der Waals surface area contributed by atoms with Crippen LogP contribution in [0.15, 0.2) is 48.8 Å². The molecule has 2 aromatic rings. The highest BCUT2D eigenvalue weighted by atomic mass is 16.5. The highest BCUT2D eigenvalue weighted by Crippen LogP contribution is 2.41. The monoisotopic (exact) mass is 381 g/mol. The molecule has 1 aliphatic carbocycles. The Morgan fingerprint density at radius 2 is 1.93 bits per heavy atom. The summed E-state index contributed by atoms with van der Waals surface area (Å²) in [5.41, 5.74) is 3.47. The third-order valence-corrected chi connectivity index (χ3v) is 5.14. The molecule has 1 heterocycles. The number of nitrogens with zero attached hydrogens (tertiary/aromatic N) is 1. The van der Waals surface area contributed by atoms with E-state index in [1.165, 1.54) is 11.1 Å². The molecular weight excluding hydrogens is 354 g/mol. The van der Waals surface area contributed by atoms with Crippen LogP contribution >= 0.6 is 0 Å². The van der Waals surface area contributed by atoms with E-state index in [-0.39, 0.29) is 36.5 Å². The van der Waals surface area contributed by atoms with Gasteiger partial charge in [0.15, 0.2) is 0 Å². The van der Waals surface area contributed by atoms with Crippen LogP contribution in [0.25, 0.3) is 0 Å². The number of pyridine rings is 1. The largest absolute Gasteiger partial charge is 0.362 e. The molecule has 0 radical (unpaired) electrons. The summed E-state index contributed by atoms with van der Waals surface area (Å²) in [6.07, 6.45) is 5.27. The highest BCUT2D eigenvalue weighted by molar-refractivity contribution is 5.80. The first kappa shape index (κ1) is 20.0. The Morgan fingerprint density at radius 3 is 2.71 bits per heavy atom. The number of hydrogen-bond acceptors (Lipinski definition) is 4. The molecule has 0 saturated heterocycles. The van der Waals surface area contributed by atoms with Crippen molar-refractivity contribution in [2.24, 2.45) is 0 Å². The van der Waals surface area contributed by atoms with Crippen LogP contribution in [0.3, 0.4) is 0 Å². The van der Waals surface area contributed by atoms with Crippen molar-refractivity contribution in [1.29, 1.82) is 0 Å². The second-order valence-corrected chi connectivity index (χ2v) is 7.76. The molecule has 1 aromatic carbocycles. The van der Waals surface area contributed by atoms with Crippen LogP contribution in [-0.2, 0) is 26.3 Å². The minimum absolute atomic E-state index is 0.0141. The van der Waals surface area contributed by atoms with Crippen molar-refractivity contribution in [2.45, 2.75) is 44.7 Å². The van der Waals surface area contributed by atoms with E-state index in [2.05, 4.69) is 41.6 Å². The second kappa shape index (κ2) is 8.97. The first-order chi connectivity index (χ1) is 13.5. The number of carbonyl (C=O) groups excluding carboxylic acids is 2. The lowest BCUT2D eigenvalue weighted by Crippen LogP contribution is -2.38. The van der Waals surface area contributed by atoms with Gasteiger partial charge in [0.05, 0.1) is 6.04 Å². The molecule has 28 heavy (non-hydrogen) atoms. The number of fused-ring (bicyclic) bond motifs is 1. The molecule has 3 rings (SSSR count). The lowest BCUT2D eigenvalue weighted by Gasteiger charge is -2.37. The second-order valence-electron chi connectivity index (χ2n) is 7.76. The molecule has 0 aliphatic heterocycles. The standard InChI is InChI=1S/C22H27N3O3/c1-22(2)10-9-19(17-7-3-4-8-18(17)22)25-21(27)15-28-14-20(26)24-13-16-6-5-11-23-12-16/h3-8,11-12,19H,9-10,13-15H2,1-2H3,(H,24,26)(H,25,27). The molecular formula is C22H27N3O3. The van der Waals surface area contributed by atoms with Crippen molar-refractivity contribution in [3.63, 3.8) is 0 Å². The van der Waals surface area contributed by atoms with Crippen LogP contribution in [0.2, 0.25) is 0 Å². The first-order valence-electron chi connectivity index (χ1n) is 9.58. The Kier molecular flexibility index (Phi) is 6.41. The molecule has 1 aromatic heterocycles. The summed E-state index contributed by atoms with van der Waals surface area (Å²) in [4.78, 5) is 28.1. The smallest absolute Gasteiger partial charge is 0.246 e. The number of benzene rings is 1. The predicted octanol–water partition coefficient (Wildman–Crippen LogP) is 2.64. The lowest BCUT2D eigenvalue weighted by molar-refractivity contribution is -0.131. The lowest BCUT2D eigenvalue weighted by atomic mass is 9.71. The number of ether oxygens (including phenoxy) is 1. The third kappa shape index (κ3) is 5.16. The van der Waals surface area contributed by atoms with Crippen LogP contribution in [-0.4, -0.2) is 30.0 Å². The van der Waals surface area contributed by atoms with Gasteiger partial charge < -0.3 is 15.4 Å². The molecule has 2 N–H and O–H groups in total. The van der Waals surface area contributed by atoms with Gasteiger partial charge in [-0.3, -0.25) is 14.6 Å². The van der Waals surface area contributed by atoms with Crippen molar-refractivity contribution in [3.05, 3.63) is 65.5 Å². The summed E-state index contributed by atoms with van der Waals surface area (Å²) in [5, 5.41) is 5.78. The molecule has 0 bridgehead atoms. The zero-order valence-electron chi connectivity index (χ0n) is 16.4. The van der Waals surface area contributed by atoms with E-state index in [4.69, 9.17) is 4.74 Å². The molecule has 6 heteroatoms. The first-order valence-corrected chi connectivity index (χ1v) is 9.58. The van der Waals surface area contributed by atoms with Gasteiger partial charge in [0.1, 0.15) is 13.2 Å². The van der Waals surface area contributed by atoms with Crippen LogP contribution < -0.4 is 10.6 Å². The summed E-state index contributed by atoms with van der Waals surface area (Å²) in [6.45, 7) is 4.56. The number of carbonyl (C=O) groups is 2. The summed E-state index contributed by atoms with van der Waals surface area (Å²) in [6, 6.07) is 11.9. The summed E-state index contributed by atoms with van der Waals surface area (Å²) < 4.78 is 5.28. The van der Waals surface area contributed by atoms with Gasteiger partial charge in [-0.2, -0.15) is 0 Å². The zero-order chi connectivity index (χ0) is 20.0. The fourth-order valence-electron chi connectivity index (χ4n) is 3.59. The maximum absolute atomic E-state index is 12.3. The van der Waals surface area contributed by atoms with Crippen LogP contribution in [0.1, 0.15) is 49.4 Å². The fourth-order valence-corrected chi connectivity index (χ4v) is 3.59. The molecule has 0 spiro atoms.